The molecule has 0 aliphatic heterocycles. The molecule has 0 bridgehead atoms. The average Bonchev–Trinajstić information content (AvgIpc) is 2.32. The van der Waals surface area contributed by atoms with E-state index in [0.717, 1.165) is 18.6 Å². The molecule has 2 rings (SSSR count). The maximum atomic E-state index is 6.18. The summed E-state index contributed by atoms with van der Waals surface area (Å²) in [5.41, 5.74) is 9.89. The van der Waals surface area contributed by atoms with Crippen molar-refractivity contribution in [1.29, 1.82) is 0 Å². The lowest BCUT2D eigenvalue weighted by Gasteiger charge is -2.30. The number of aryl methyl sites for hydroxylation is 2. The number of benzene rings is 1. The summed E-state index contributed by atoms with van der Waals surface area (Å²) in [6.45, 7) is 6.37. The molecule has 1 aliphatic carbocycles. The van der Waals surface area contributed by atoms with E-state index in [2.05, 4.69) is 32.9 Å². The van der Waals surface area contributed by atoms with Crippen LogP contribution in [0, 0.1) is 20.8 Å². The maximum Gasteiger partial charge on any atom is 0.125 e. The van der Waals surface area contributed by atoms with Gasteiger partial charge in [0, 0.05) is 6.04 Å². The van der Waals surface area contributed by atoms with Crippen LogP contribution in [-0.2, 0) is 0 Å². The van der Waals surface area contributed by atoms with E-state index in [4.69, 9.17) is 10.5 Å². The highest BCUT2D eigenvalue weighted by Gasteiger charge is 2.24. The van der Waals surface area contributed by atoms with Gasteiger partial charge in [0.25, 0.3) is 0 Å². The molecular formula is C15H23NO. The van der Waals surface area contributed by atoms with Crippen LogP contribution in [0.1, 0.15) is 42.4 Å². The van der Waals surface area contributed by atoms with Crippen LogP contribution in [0.15, 0.2) is 12.1 Å². The quantitative estimate of drug-likeness (QED) is 0.851. The van der Waals surface area contributed by atoms with Crippen molar-refractivity contribution in [3.05, 3.63) is 28.8 Å². The zero-order chi connectivity index (χ0) is 12.4. The summed E-state index contributed by atoms with van der Waals surface area (Å²) in [7, 11) is 0. The number of ether oxygens (including phenoxy) is 1. The predicted octanol–water partition coefficient (Wildman–Crippen LogP) is 3.26. The summed E-state index contributed by atoms with van der Waals surface area (Å²) in [6, 6.07) is 4.48. The third-order valence-corrected chi connectivity index (χ3v) is 3.90. The van der Waals surface area contributed by atoms with Gasteiger partial charge in [0.1, 0.15) is 11.9 Å². The van der Waals surface area contributed by atoms with E-state index in [0.29, 0.717) is 0 Å². The molecule has 1 fully saturated rings. The van der Waals surface area contributed by atoms with Crippen LogP contribution in [-0.4, -0.2) is 12.1 Å². The molecule has 2 N–H and O–H groups in total. The zero-order valence-electron chi connectivity index (χ0n) is 11.1. The fraction of sp³-hybridized carbons (Fsp3) is 0.600. The summed E-state index contributed by atoms with van der Waals surface area (Å²) in [5.74, 6) is 1.05. The van der Waals surface area contributed by atoms with Gasteiger partial charge in [-0.2, -0.15) is 0 Å². The molecule has 0 radical (unpaired) electrons. The largest absolute Gasteiger partial charge is 0.488 e. The van der Waals surface area contributed by atoms with Crippen molar-refractivity contribution in [2.45, 2.75) is 58.6 Å². The highest BCUT2D eigenvalue weighted by Crippen LogP contribution is 2.29. The molecule has 1 saturated carbocycles. The molecule has 1 aromatic carbocycles. The summed E-state index contributed by atoms with van der Waals surface area (Å²) >= 11 is 0. The third kappa shape index (κ3) is 2.63. The Bertz CT molecular complexity index is 400. The number of rotatable bonds is 2. The summed E-state index contributed by atoms with van der Waals surface area (Å²) < 4.78 is 6.18. The molecule has 0 heterocycles. The molecular weight excluding hydrogens is 210 g/mol. The third-order valence-electron chi connectivity index (χ3n) is 3.90. The van der Waals surface area contributed by atoms with E-state index in [1.165, 1.54) is 29.5 Å². The van der Waals surface area contributed by atoms with Gasteiger partial charge in [-0.3, -0.25) is 0 Å². The van der Waals surface area contributed by atoms with Crippen LogP contribution in [0.4, 0.5) is 0 Å². The van der Waals surface area contributed by atoms with E-state index in [-0.39, 0.29) is 12.1 Å². The Morgan fingerprint density at radius 3 is 2.41 bits per heavy atom. The average molecular weight is 233 g/mol. The SMILES string of the molecule is Cc1ccc(C)c(OC2CCCCC2N)c1C. The minimum atomic E-state index is 0.197. The number of hydrogen-bond acceptors (Lipinski definition) is 2. The van der Waals surface area contributed by atoms with Crippen LogP contribution in [0.5, 0.6) is 5.75 Å². The van der Waals surface area contributed by atoms with Gasteiger partial charge in [-0.25, -0.2) is 0 Å². The molecule has 0 amide bonds. The second-order valence-electron chi connectivity index (χ2n) is 5.26. The molecule has 1 aromatic rings. The van der Waals surface area contributed by atoms with Gasteiger partial charge in [0.15, 0.2) is 0 Å². The summed E-state index contributed by atoms with van der Waals surface area (Å²) in [5, 5.41) is 0. The number of nitrogens with two attached hydrogens (primary N) is 1. The molecule has 2 unspecified atom stereocenters. The van der Waals surface area contributed by atoms with Crippen molar-refractivity contribution < 1.29 is 4.74 Å². The van der Waals surface area contributed by atoms with Crippen molar-refractivity contribution in [1.82, 2.24) is 0 Å². The lowest BCUT2D eigenvalue weighted by atomic mass is 9.93. The van der Waals surface area contributed by atoms with Crippen LogP contribution in [0.2, 0.25) is 0 Å². The number of hydrogen-bond donors (Lipinski definition) is 1. The van der Waals surface area contributed by atoms with Crippen molar-refractivity contribution in [3.8, 4) is 5.75 Å². The van der Waals surface area contributed by atoms with E-state index in [9.17, 15) is 0 Å². The van der Waals surface area contributed by atoms with E-state index < -0.39 is 0 Å². The first-order valence-electron chi connectivity index (χ1n) is 6.58. The van der Waals surface area contributed by atoms with E-state index in [1.54, 1.807) is 0 Å². The maximum absolute atomic E-state index is 6.18. The second-order valence-corrected chi connectivity index (χ2v) is 5.26. The van der Waals surface area contributed by atoms with Crippen molar-refractivity contribution in [3.63, 3.8) is 0 Å². The Labute approximate surface area is 104 Å². The van der Waals surface area contributed by atoms with Gasteiger partial charge in [-0.05, 0) is 56.7 Å². The van der Waals surface area contributed by atoms with E-state index >= 15 is 0 Å². The first-order chi connectivity index (χ1) is 8.09. The van der Waals surface area contributed by atoms with Crippen molar-refractivity contribution >= 4 is 0 Å². The van der Waals surface area contributed by atoms with Gasteiger partial charge in [-0.1, -0.05) is 18.6 Å². The smallest absolute Gasteiger partial charge is 0.125 e. The molecule has 2 atom stereocenters. The Morgan fingerprint density at radius 2 is 1.71 bits per heavy atom. The summed E-state index contributed by atoms with van der Waals surface area (Å²) in [4.78, 5) is 0. The van der Waals surface area contributed by atoms with Gasteiger partial charge < -0.3 is 10.5 Å². The van der Waals surface area contributed by atoms with Gasteiger partial charge in [0.2, 0.25) is 0 Å². The van der Waals surface area contributed by atoms with Gasteiger partial charge in [0.05, 0.1) is 0 Å². The monoisotopic (exact) mass is 233 g/mol. The Balaban J connectivity index is 2.20. The topological polar surface area (TPSA) is 35.2 Å². The standard InChI is InChI=1S/C15H23NO/c1-10-8-9-11(2)15(12(10)3)17-14-7-5-4-6-13(14)16/h8-9,13-14H,4-7,16H2,1-3H3. The molecule has 0 aromatic heterocycles. The molecule has 17 heavy (non-hydrogen) atoms. The zero-order valence-corrected chi connectivity index (χ0v) is 11.1. The highest BCUT2D eigenvalue weighted by molar-refractivity contribution is 5.44. The summed E-state index contributed by atoms with van der Waals surface area (Å²) in [6.07, 6.45) is 4.86. The molecule has 0 spiro atoms. The van der Waals surface area contributed by atoms with Crippen molar-refractivity contribution in [2.24, 2.45) is 5.73 Å². The Hall–Kier alpha value is -1.02. The lowest BCUT2D eigenvalue weighted by molar-refractivity contribution is 0.130. The minimum Gasteiger partial charge on any atom is -0.488 e. The fourth-order valence-corrected chi connectivity index (χ4v) is 2.53. The van der Waals surface area contributed by atoms with Gasteiger partial charge in [-0.15, -0.1) is 0 Å². The first-order valence-corrected chi connectivity index (χ1v) is 6.58. The molecule has 0 saturated heterocycles. The lowest BCUT2D eigenvalue weighted by Crippen LogP contribution is -2.41. The predicted molar refractivity (Wildman–Crippen MR) is 71.5 cm³/mol. The fourth-order valence-electron chi connectivity index (χ4n) is 2.53. The second kappa shape index (κ2) is 5.09. The van der Waals surface area contributed by atoms with E-state index in [1.807, 2.05) is 0 Å². The van der Waals surface area contributed by atoms with Gasteiger partial charge >= 0.3 is 0 Å². The highest BCUT2D eigenvalue weighted by atomic mass is 16.5. The molecule has 1 aliphatic rings. The molecule has 2 heteroatoms. The van der Waals surface area contributed by atoms with Crippen LogP contribution in [0.3, 0.4) is 0 Å². The minimum absolute atomic E-state index is 0.197. The van der Waals surface area contributed by atoms with Crippen LogP contribution < -0.4 is 10.5 Å². The molecule has 2 nitrogen and oxygen atoms in total. The van der Waals surface area contributed by atoms with Crippen LogP contribution in [0.25, 0.3) is 0 Å². The Morgan fingerprint density at radius 1 is 1.06 bits per heavy atom. The normalized spacial score (nSPS) is 24.7. The first kappa shape index (κ1) is 12.4. The molecule has 94 valence electrons. The van der Waals surface area contributed by atoms with Crippen molar-refractivity contribution in [2.75, 3.05) is 0 Å². The Kier molecular flexibility index (Phi) is 3.72. The van der Waals surface area contributed by atoms with Crippen LogP contribution >= 0.6 is 0 Å².